The Morgan fingerprint density at radius 3 is 2.10 bits per heavy atom. The van der Waals surface area contributed by atoms with E-state index in [0.717, 1.165) is 0 Å². The third kappa shape index (κ3) is 7.65. The minimum atomic E-state index is -0.586. The molecule has 1 amide bonds. The summed E-state index contributed by atoms with van der Waals surface area (Å²) >= 11 is 0. The molecular weight excluding hydrogens is 374 g/mol. The van der Waals surface area contributed by atoms with Crippen molar-refractivity contribution in [1.82, 2.24) is 0 Å². The summed E-state index contributed by atoms with van der Waals surface area (Å²) in [6.45, 7) is 5.01. The van der Waals surface area contributed by atoms with E-state index in [4.69, 9.17) is 14.2 Å². The van der Waals surface area contributed by atoms with Crippen LogP contribution in [0.1, 0.15) is 36.7 Å². The lowest BCUT2D eigenvalue weighted by atomic mass is 10.1. The van der Waals surface area contributed by atoms with Gasteiger partial charge in [-0.2, -0.15) is 0 Å². The molecule has 2 aromatic carbocycles. The summed E-state index contributed by atoms with van der Waals surface area (Å²) in [4.78, 5) is 35.8. The van der Waals surface area contributed by atoms with Crippen LogP contribution < -0.4 is 10.1 Å². The quantitative estimate of drug-likeness (QED) is 0.559. The van der Waals surface area contributed by atoms with E-state index in [2.05, 4.69) is 5.32 Å². The maximum Gasteiger partial charge on any atom is 0.412 e. The second-order valence-corrected chi connectivity index (χ2v) is 7.31. The van der Waals surface area contributed by atoms with Crippen molar-refractivity contribution in [2.45, 2.75) is 32.8 Å². The molecule has 0 aliphatic carbocycles. The van der Waals surface area contributed by atoms with Crippen LogP contribution in [-0.2, 0) is 20.7 Å². The van der Waals surface area contributed by atoms with Gasteiger partial charge in [0, 0.05) is 11.3 Å². The Morgan fingerprint density at radius 1 is 0.931 bits per heavy atom. The number of carbonyl (C=O) groups is 3. The van der Waals surface area contributed by atoms with Gasteiger partial charge in [-0.05, 0) is 62.7 Å². The SMILES string of the molecule is COc1ccc(C(=O)COC(=O)Cc2ccc(NC(=O)OC(C)(C)C)cc2)cc1. The molecule has 7 heteroatoms. The molecular formula is C22H25NO6. The number of Topliss-reactive ketones (excluding diaryl/α,β-unsaturated/α-hetero) is 1. The first-order valence-corrected chi connectivity index (χ1v) is 9.08. The molecule has 1 N–H and O–H groups in total. The molecule has 0 aliphatic heterocycles. The zero-order valence-corrected chi connectivity index (χ0v) is 17.0. The molecule has 0 aliphatic rings. The summed E-state index contributed by atoms with van der Waals surface area (Å²) in [5, 5.41) is 2.61. The molecule has 154 valence electrons. The average molecular weight is 399 g/mol. The van der Waals surface area contributed by atoms with Crippen molar-refractivity contribution in [3.8, 4) is 5.75 Å². The van der Waals surface area contributed by atoms with Gasteiger partial charge in [0.25, 0.3) is 0 Å². The first-order chi connectivity index (χ1) is 13.7. The lowest BCUT2D eigenvalue weighted by Crippen LogP contribution is -2.27. The lowest BCUT2D eigenvalue weighted by Gasteiger charge is -2.19. The van der Waals surface area contributed by atoms with E-state index in [0.29, 0.717) is 22.6 Å². The van der Waals surface area contributed by atoms with E-state index in [-0.39, 0.29) is 18.8 Å². The second kappa shape index (κ2) is 9.73. The normalized spacial score (nSPS) is 10.8. The molecule has 0 saturated heterocycles. The van der Waals surface area contributed by atoms with E-state index in [1.165, 1.54) is 0 Å². The number of hydrogen-bond donors (Lipinski definition) is 1. The average Bonchev–Trinajstić information content (AvgIpc) is 2.66. The van der Waals surface area contributed by atoms with Crippen molar-refractivity contribution in [2.75, 3.05) is 19.0 Å². The molecule has 2 aromatic rings. The highest BCUT2D eigenvalue weighted by atomic mass is 16.6. The minimum absolute atomic E-state index is 0.0165. The highest BCUT2D eigenvalue weighted by Gasteiger charge is 2.16. The highest BCUT2D eigenvalue weighted by Crippen LogP contribution is 2.14. The van der Waals surface area contributed by atoms with Crippen LogP contribution in [0.15, 0.2) is 48.5 Å². The smallest absolute Gasteiger partial charge is 0.412 e. The van der Waals surface area contributed by atoms with Crippen molar-refractivity contribution < 1.29 is 28.6 Å². The number of amides is 1. The summed E-state index contributed by atoms with van der Waals surface area (Å²) in [6.07, 6.45) is -0.537. The summed E-state index contributed by atoms with van der Waals surface area (Å²) in [7, 11) is 1.54. The fourth-order valence-electron chi connectivity index (χ4n) is 2.35. The maximum absolute atomic E-state index is 12.1. The number of esters is 1. The number of benzene rings is 2. The molecule has 0 aromatic heterocycles. The van der Waals surface area contributed by atoms with Gasteiger partial charge in [0.1, 0.15) is 11.4 Å². The number of anilines is 1. The first kappa shape index (κ1) is 21.9. The fraction of sp³-hybridized carbons (Fsp3) is 0.318. The fourth-order valence-corrected chi connectivity index (χ4v) is 2.35. The standard InChI is InChI=1S/C22H25NO6/c1-22(2,3)29-21(26)23-17-9-5-15(6-10-17)13-20(25)28-14-19(24)16-7-11-18(27-4)12-8-16/h5-12H,13-14H2,1-4H3,(H,23,26). The number of ether oxygens (including phenoxy) is 3. The van der Waals surface area contributed by atoms with Crippen molar-refractivity contribution >= 4 is 23.5 Å². The number of carbonyl (C=O) groups excluding carboxylic acids is 3. The zero-order valence-electron chi connectivity index (χ0n) is 17.0. The van der Waals surface area contributed by atoms with Crippen LogP contribution in [0, 0.1) is 0 Å². The van der Waals surface area contributed by atoms with Gasteiger partial charge in [-0.15, -0.1) is 0 Å². The van der Waals surface area contributed by atoms with Crippen LogP contribution in [-0.4, -0.2) is 37.2 Å². The third-order valence-electron chi connectivity index (χ3n) is 3.72. The molecule has 0 unspecified atom stereocenters. The van der Waals surface area contributed by atoms with Gasteiger partial charge in [-0.25, -0.2) is 4.79 Å². The monoisotopic (exact) mass is 399 g/mol. The van der Waals surface area contributed by atoms with Crippen LogP contribution >= 0.6 is 0 Å². The Balaban J connectivity index is 1.81. The molecule has 0 bridgehead atoms. The maximum atomic E-state index is 12.1. The number of hydrogen-bond acceptors (Lipinski definition) is 6. The molecule has 0 fully saturated rings. The van der Waals surface area contributed by atoms with E-state index in [9.17, 15) is 14.4 Å². The van der Waals surface area contributed by atoms with E-state index < -0.39 is 17.7 Å². The summed E-state index contributed by atoms with van der Waals surface area (Å²) in [5.41, 5.74) is 1.10. The Morgan fingerprint density at radius 2 is 1.55 bits per heavy atom. The van der Waals surface area contributed by atoms with Crippen LogP contribution in [0.3, 0.4) is 0 Å². The van der Waals surface area contributed by atoms with Gasteiger partial charge in [0.05, 0.1) is 13.5 Å². The van der Waals surface area contributed by atoms with Gasteiger partial charge in [-0.3, -0.25) is 14.9 Å². The van der Waals surface area contributed by atoms with Crippen LogP contribution in [0.4, 0.5) is 10.5 Å². The molecule has 2 rings (SSSR count). The van der Waals surface area contributed by atoms with E-state index in [1.807, 2.05) is 0 Å². The summed E-state index contributed by atoms with van der Waals surface area (Å²) in [5.74, 6) is -0.166. The minimum Gasteiger partial charge on any atom is -0.497 e. The first-order valence-electron chi connectivity index (χ1n) is 9.08. The Labute approximate surface area is 170 Å². The molecule has 0 saturated carbocycles. The second-order valence-electron chi connectivity index (χ2n) is 7.31. The molecule has 0 spiro atoms. The Kier molecular flexibility index (Phi) is 7.36. The Bertz CT molecular complexity index is 850. The van der Waals surface area contributed by atoms with E-state index in [1.54, 1.807) is 76.4 Å². The Hall–Kier alpha value is -3.35. The zero-order chi connectivity index (χ0) is 21.4. The lowest BCUT2D eigenvalue weighted by molar-refractivity contribution is -0.141. The number of rotatable bonds is 7. The number of ketones is 1. The van der Waals surface area contributed by atoms with Crippen LogP contribution in [0.2, 0.25) is 0 Å². The van der Waals surface area contributed by atoms with Crippen LogP contribution in [0.25, 0.3) is 0 Å². The van der Waals surface area contributed by atoms with Gasteiger partial charge in [0.15, 0.2) is 12.4 Å². The van der Waals surface area contributed by atoms with Gasteiger partial charge >= 0.3 is 12.1 Å². The van der Waals surface area contributed by atoms with Gasteiger partial charge < -0.3 is 14.2 Å². The van der Waals surface area contributed by atoms with Crippen molar-refractivity contribution in [2.24, 2.45) is 0 Å². The molecule has 0 heterocycles. The van der Waals surface area contributed by atoms with Gasteiger partial charge in [0.2, 0.25) is 0 Å². The molecule has 0 radical (unpaired) electrons. The van der Waals surface area contributed by atoms with Crippen LogP contribution in [0.5, 0.6) is 5.75 Å². The number of methoxy groups -OCH3 is 1. The highest BCUT2D eigenvalue weighted by molar-refractivity contribution is 5.98. The largest absolute Gasteiger partial charge is 0.497 e. The summed E-state index contributed by atoms with van der Waals surface area (Å²) < 4.78 is 15.3. The number of nitrogens with one attached hydrogen (secondary N) is 1. The van der Waals surface area contributed by atoms with Gasteiger partial charge in [-0.1, -0.05) is 12.1 Å². The summed E-state index contributed by atoms with van der Waals surface area (Å²) in [6, 6.07) is 13.3. The molecule has 7 nitrogen and oxygen atoms in total. The molecule has 29 heavy (non-hydrogen) atoms. The van der Waals surface area contributed by atoms with E-state index >= 15 is 0 Å². The predicted octanol–water partition coefficient (Wildman–Crippen LogP) is 4.01. The topological polar surface area (TPSA) is 90.9 Å². The van der Waals surface area contributed by atoms with Crippen molar-refractivity contribution in [3.63, 3.8) is 0 Å². The third-order valence-corrected chi connectivity index (χ3v) is 3.72. The van der Waals surface area contributed by atoms with Crippen molar-refractivity contribution in [3.05, 3.63) is 59.7 Å². The molecule has 0 atom stereocenters. The predicted molar refractivity (Wildman–Crippen MR) is 108 cm³/mol. The van der Waals surface area contributed by atoms with Crippen molar-refractivity contribution in [1.29, 1.82) is 0 Å².